The third-order valence-corrected chi connectivity index (χ3v) is 4.02. The molecule has 106 valence electrons. The number of imidazole rings is 1. The van der Waals surface area contributed by atoms with E-state index < -0.39 is 6.10 Å². The molecule has 1 aromatic heterocycles. The summed E-state index contributed by atoms with van der Waals surface area (Å²) in [6.45, 7) is 2.98. The van der Waals surface area contributed by atoms with Crippen molar-refractivity contribution in [2.45, 2.75) is 64.5 Å². The van der Waals surface area contributed by atoms with Crippen molar-refractivity contribution < 1.29 is 9.90 Å². The molecular weight excluding hydrogens is 240 g/mol. The molecule has 1 fully saturated rings. The monoisotopic (exact) mass is 264 g/mol. The topological polar surface area (TPSA) is 55.1 Å². The van der Waals surface area contributed by atoms with Crippen LogP contribution in [0.25, 0.3) is 0 Å². The van der Waals surface area contributed by atoms with Crippen molar-refractivity contribution >= 4 is 5.78 Å². The molecule has 19 heavy (non-hydrogen) atoms. The summed E-state index contributed by atoms with van der Waals surface area (Å²) in [5, 5.41) is 10.2. The predicted molar refractivity (Wildman–Crippen MR) is 73.8 cm³/mol. The maximum Gasteiger partial charge on any atom is 0.169 e. The van der Waals surface area contributed by atoms with Crippen LogP contribution in [0.15, 0.2) is 12.4 Å². The molecule has 0 aromatic carbocycles. The highest BCUT2D eigenvalue weighted by Crippen LogP contribution is 2.27. The van der Waals surface area contributed by atoms with Gasteiger partial charge >= 0.3 is 0 Å². The Labute approximate surface area is 114 Å². The normalized spacial score (nSPS) is 18.4. The maximum absolute atomic E-state index is 12.2. The van der Waals surface area contributed by atoms with Gasteiger partial charge in [-0.1, -0.05) is 26.2 Å². The van der Waals surface area contributed by atoms with Gasteiger partial charge in [-0.3, -0.25) is 4.79 Å². The van der Waals surface area contributed by atoms with Crippen molar-refractivity contribution in [3.05, 3.63) is 18.2 Å². The van der Waals surface area contributed by atoms with E-state index >= 15 is 0 Å². The first-order chi connectivity index (χ1) is 9.22. The Morgan fingerprint density at radius 1 is 1.47 bits per heavy atom. The van der Waals surface area contributed by atoms with Gasteiger partial charge in [-0.15, -0.1) is 0 Å². The fourth-order valence-electron chi connectivity index (χ4n) is 2.92. The van der Waals surface area contributed by atoms with E-state index in [0.717, 1.165) is 44.5 Å². The summed E-state index contributed by atoms with van der Waals surface area (Å²) in [7, 11) is 0. The third-order valence-electron chi connectivity index (χ3n) is 4.02. The van der Waals surface area contributed by atoms with Crippen LogP contribution in [-0.4, -0.2) is 26.5 Å². The van der Waals surface area contributed by atoms with Gasteiger partial charge in [0.2, 0.25) is 0 Å². The molecule has 0 radical (unpaired) electrons. The summed E-state index contributed by atoms with van der Waals surface area (Å²) in [5.74, 6) is 0.869. The van der Waals surface area contributed by atoms with E-state index in [9.17, 15) is 9.90 Å². The van der Waals surface area contributed by atoms with E-state index in [4.69, 9.17) is 0 Å². The van der Waals surface area contributed by atoms with E-state index in [1.807, 2.05) is 10.8 Å². The van der Waals surface area contributed by atoms with Crippen molar-refractivity contribution in [1.82, 2.24) is 9.55 Å². The number of aromatic nitrogens is 2. The molecule has 0 amide bonds. The number of aryl methyl sites for hydroxylation is 1. The molecule has 1 heterocycles. The number of carbonyl (C=O) groups is 1. The van der Waals surface area contributed by atoms with Crippen molar-refractivity contribution in [3.63, 3.8) is 0 Å². The Bertz CT molecular complexity index is 408. The lowest BCUT2D eigenvalue weighted by molar-refractivity contribution is -0.129. The maximum atomic E-state index is 12.2. The molecule has 2 rings (SSSR count). The van der Waals surface area contributed by atoms with Gasteiger partial charge in [0.25, 0.3) is 0 Å². The van der Waals surface area contributed by atoms with Gasteiger partial charge < -0.3 is 9.67 Å². The summed E-state index contributed by atoms with van der Waals surface area (Å²) in [6, 6.07) is 0. The van der Waals surface area contributed by atoms with E-state index in [1.165, 1.54) is 6.42 Å². The van der Waals surface area contributed by atoms with Crippen molar-refractivity contribution in [2.75, 3.05) is 0 Å². The van der Waals surface area contributed by atoms with Gasteiger partial charge in [0.15, 0.2) is 5.78 Å². The fraction of sp³-hybridized carbons (Fsp3) is 0.733. The molecule has 0 spiro atoms. The lowest BCUT2D eigenvalue weighted by Crippen LogP contribution is -2.32. The van der Waals surface area contributed by atoms with Gasteiger partial charge in [0.1, 0.15) is 11.9 Å². The number of rotatable bonds is 6. The summed E-state index contributed by atoms with van der Waals surface area (Å²) >= 11 is 0. The van der Waals surface area contributed by atoms with Crippen LogP contribution < -0.4 is 0 Å². The van der Waals surface area contributed by atoms with Gasteiger partial charge in [0.05, 0.1) is 6.42 Å². The zero-order valence-corrected chi connectivity index (χ0v) is 11.7. The Morgan fingerprint density at radius 2 is 2.21 bits per heavy atom. The molecule has 4 nitrogen and oxygen atoms in total. The van der Waals surface area contributed by atoms with Crippen LogP contribution >= 0.6 is 0 Å². The number of Topliss-reactive ketones (excluding diaryl/α,β-unsaturated/α-hetero) is 1. The number of nitrogens with zero attached hydrogens (tertiary/aromatic N) is 2. The smallest absolute Gasteiger partial charge is 0.169 e. The van der Waals surface area contributed by atoms with Crippen LogP contribution in [0, 0.1) is 5.92 Å². The summed E-state index contributed by atoms with van der Waals surface area (Å²) in [4.78, 5) is 16.4. The van der Waals surface area contributed by atoms with Crippen molar-refractivity contribution in [3.8, 4) is 0 Å². The van der Waals surface area contributed by atoms with Crippen molar-refractivity contribution in [2.24, 2.45) is 5.92 Å². The van der Waals surface area contributed by atoms with Crippen LogP contribution in [0.1, 0.15) is 51.3 Å². The first-order valence-electron chi connectivity index (χ1n) is 7.43. The van der Waals surface area contributed by atoms with Crippen molar-refractivity contribution in [1.29, 1.82) is 0 Å². The highest BCUT2D eigenvalue weighted by Gasteiger charge is 2.27. The molecule has 0 bridgehead atoms. The highest BCUT2D eigenvalue weighted by molar-refractivity contribution is 5.84. The lowest BCUT2D eigenvalue weighted by Gasteiger charge is -2.25. The molecule has 1 aliphatic carbocycles. The third kappa shape index (κ3) is 3.66. The molecule has 0 aliphatic heterocycles. The Hall–Kier alpha value is -1.16. The number of hydrogen-bond acceptors (Lipinski definition) is 3. The number of aliphatic hydroxyl groups excluding tert-OH is 1. The summed E-state index contributed by atoms with van der Waals surface area (Å²) in [6.07, 6.45) is 9.58. The summed E-state index contributed by atoms with van der Waals surface area (Å²) < 4.78 is 2.01. The Kier molecular flexibility index (Phi) is 5.14. The van der Waals surface area contributed by atoms with E-state index in [-0.39, 0.29) is 18.1 Å². The van der Waals surface area contributed by atoms with Gasteiger partial charge in [-0.2, -0.15) is 0 Å². The number of aliphatic hydroxyl groups is 1. The van der Waals surface area contributed by atoms with Crippen LogP contribution in [-0.2, 0) is 17.8 Å². The zero-order chi connectivity index (χ0) is 13.7. The van der Waals surface area contributed by atoms with Gasteiger partial charge in [0, 0.05) is 18.9 Å². The highest BCUT2D eigenvalue weighted by atomic mass is 16.3. The minimum Gasteiger partial charge on any atom is -0.385 e. The number of hydrogen-bond donors (Lipinski definition) is 1. The summed E-state index contributed by atoms with van der Waals surface area (Å²) in [5.41, 5.74) is 0. The van der Waals surface area contributed by atoms with Gasteiger partial charge in [-0.05, 0) is 25.2 Å². The van der Waals surface area contributed by atoms with E-state index in [2.05, 4.69) is 11.9 Å². The first kappa shape index (κ1) is 14.3. The van der Waals surface area contributed by atoms with E-state index in [1.54, 1.807) is 6.20 Å². The SMILES string of the molecule is CCCn1ccnc1CC(=O)C(O)C1CCCCC1. The van der Waals surface area contributed by atoms with Crippen LogP contribution in [0.4, 0.5) is 0 Å². The second-order valence-electron chi connectivity index (χ2n) is 5.52. The zero-order valence-electron chi connectivity index (χ0n) is 11.7. The lowest BCUT2D eigenvalue weighted by atomic mass is 9.83. The van der Waals surface area contributed by atoms with Crippen LogP contribution in [0.3, 0.4) is 0 Å². The second-order valence-corrected chi connectivity index (χ2v) is 5.52. The standard InChI is InChI=1S/C15H24N2O2/c1-2-9-17-10-8-16-14(17)11-13(18)15(19)12-6-4-3-5-7-12/h8,10,12,15,19H,2-7,9,11H2,1H3. The minimum atomic E-state index is -0.799. The number of ketones is 1. The fourth-order valence-corrected chi connectivity index (χ4v) is 2.92. The van der Waals surface area contributed by atoms with Crippen LogP contribution in [0.2, 0.25) is 0 Å². The molecular formula is C15H24N2O2. The molecule has 1 aromatic rings. The molecule has 1 N–H and O–H groups in total. The molecule has 1 aliphatic rings. The largest absolute Gasteiger partial charge is 0.385 e. The minimum absolute atomic E-state index is 0.0737. The molecule has 4 heteroatoms. The average molecular weight is 264 g/mol. The molecule has 0 saturated heterocycles. The Morgan fingerprint density at radius 3 is 2.89 bits per heavy atom. The average Bonchev–Trinajstić information content (AvgIpc) is 2.86. The quantitative estimate of drug-likeness (QED) is 0.858. The molecule has 1 saturated carbocycles. The predicted octanol–water partition coefficient (Wildman–Crippen LogP) is 2.35. The van der Waals surface area contributed by atoms with Gasteiger partial charge in [-0.25, -0.2) is 4.98 Å². The molecule has 1 atom stereocenters. The Balaban J connectivity index is 1.93. The van der Waals surface area contributed by atoms with E-state index in [0.29, 0.717) is 0 Å². The molecule has 1 unspecified atom stereocenters. The second kappa shape index (κ2) is 6.85. The van der Waals surface area contributed by atoms with Crippen LogP contribution in [0.5, 0.6) is 0 Å². The number of carbonyl (C=O) groups excluding carboxylic acids is 1. The first-order valence-corrected chi connectivity index (χ1v) is 7.43.